The average molecular weight is 215 g/mol. The van der Waals surface area contributed by atoms with E-state index >= 15 is 0 Å². The molecular formula is C8H13N3S2. The van der Waals surface area contributed by atoms with Crippen LogP contribution in [0.4, 0.5) is 0 Å². The number of rotatable bonds is 3. The molecular weight excluding hydrogens is 202 g/mol. The second-order valence-corrected chi connectivity index (χ2v) is 5.28. The smallest absolute Gasteiger partial charge is 0.0698 e. The maximum absolute atomic E-state index is 5.45. The van der Waals surface area contributed by atoms with Crippen LogP contribution in [0.1, 0.15) is 19.3 Å². The highest BCUT2D eigenvalue weighted by Gasteiger charge is 2.26. The predicted molar refractivity (Wildman–Crippen MR) is 61.6 cm³/mol. The number of nitrogens with two attached hydrogens (primary N) is 1. The molecule has 0 saturated heterocycles. The predicted octanol–water partition coefficient (Wildman–Crippen LogP) is 1.69. The SMILES string of the molecule is NSSC1CCN=C1C1=NCCC1. The van der Waals surface area contributed by atoms with Gasteiger partial charge in [-0.25, -0.2) is 0 Å². The van der Waals surface area contributed by atoms with Crippen molar-refractivity contribution < 1.29 is 0 Å². The number of hydrogen-bond donors (Lipinski definition) is 1. The molecule has 2 aliphatic heterocycles. The summed E-state index contributed by atoms with van der Waals surface area (Å²) < 4.78 is 0. The Balaban J connectivity index is 2.04. The summed E-state index contributed by atoms with van der Waals surface area (Å²) in [5.74, 6) is 0. The van der Waals surface area contributed by atoms with Crippen molar-refractivity contribution in [2.45, 2.75) is 24.5 Å². The monoisotopic (exact) mass is 215 g/mol. The van der Waals surface area contributed by atoms with Gasteiger partial charge in [0.05, 0.1) is 16.7 Å². The van der Waals surface area contributed by atoms with Crippen molar-refractivity contribution in [3.8, 4) is 0 Å². The molecule has 2 N–H and O–H groups in total. The second-order valence-electron chi connectivity index (χ2n) is 3.17. The first-order chi connectivity index (χ1) is 6.42. The fourth-order valence-corrected chi connectivity index (χ4v) is 3.33. The van der Waals surface area contributed by atoms with E-state index < -0.39 is 0 Å². The highest BCUT2D eigenvalue weighted by atomic mass is 33.1. The highest BCUT2D eigenvalue weighted by Crippen LogP contribution is 2.30. The van der Waals surface area contributed by atoms with Crippen molar-refractivity contribution in [3.05, 3.63) is 0 Å². The number of aliphatic imine (C=N–C) groups is 2. The number of hydrogen-bond acceptors (Lipinski definition) is 5. The van der Waals surface area contributed by atoms with Gasteiger partial charge in [0, 0.05) is 13.1 Å². The Bertz CT molecular complexity index is 250. The van der Waals surface area contributed by atoms with Crippen molar-refractivity contribution in [1.82, 2.24) is 0 Å². The molecule has 13 heavy (non-hydrogen) atoms. The van der Waals surface area contributed by atoms with E-state index in [2.05, 4.69) is 9.98 Å². The van der Waals surface area contributed by atoms with Crippen LogP contribution in [-0.4, -0.2) is 29.8 Å². The van der Waals surface area contributed by atoms with Gasteiger partial charge in [-0.15, -0.1) is 0 Å². The zero-order valence-corrected chi connectivity index (χ0v) is 9.03. The molecule has 2 heterocycles. The van der Waals surface area contributed by atoms with Gasteiger partial charge in [-0.05, 0) is 30.2 Å². The average Bonchev–Trinajstić information content (AvgIpc) is 2.71. The van der Waals surface area contributed by atoms with E-state index in [0.717, 1.165) is 25.9 Å². The van der Waals surface area contributed by atoms with Crippen molar-refractivity contribution in [1.29, 1.82) is 0 Å². The van der Waals surface area contributed by atoms with E-state index in [4.69, 9.17) is 5.14 Å². The lowest BCUT2D eigenvalue weighted by Crippen LogP contribution is -2.20. The molecule has 0 aliphatic carbocycles. The second kappa shape index (κ2) is 4.48. The first-order valence-electron chi connectivity index (χ1n) is 4.52. The van der Waals surface area contributed by atoms with Crippen LogP contribution < -0.4 is 5.14 Å². The Morgan fingerprint density at radius 2 is 2.23 bits per heavy atom. The fraction of sp³-hybridized carbons (Fsp3) is 0.750. The van der Waals surface area contributed by atoms with Gasteiger partial charge in [0.25, 0.3) is 0 Å². The Morgan fingerprint density at radius 3 is 2.92 bits per heavy atom. The molecule has 0 amide bonds. The summed E-state index contributed by atoms with van der Waals surface area (Å²) in [4.78, 5) is 8.99. The molecule has 0 radical (unpaired) electrons. The van der Waals surface area contributed by atoms with Gasteiger partial charge in [-0.3, -0.25) is 15.1 Å². The van der Waals surface area contributed by atoms with Crippen LogP contribution in [0.25, 0.3) is 0 Å². The van der Waals surface area contributed by atoms with Crippen LogP contribution in [0.2, 0.25) is 0 Å². The topological polar surface area (TPSA) is 50.7 Å². The molecule has 0 aromatic rings. The zero-order chi connectivity index (χ0) is 9.10. The highest BCUT2D eigenvalue weighted by molar-refractivity contribution is 8.76. The summed E-state index contributed by atoms with van der Waals surface area (Å²) >= 11 is 0. The summed E-state index contributed by atoms with van der Waals surface area (Å²) in [5.41, 5.74) is 2.46. The van der Waals surface area contributed by atoms with E-state index in [0.29, 0.717) is 5.25 Å². The van der Waals surface area contributed by atoms with Gasteiger partial charge >= 0.3 is 0 Å². The third kappa shape index (κ3) is 2.08. The van der Waals surface area contributed by atoms with Gasteiger partial charge in [-0.1, -0.05) is 10.8 Å². The first kappa shape index (κ1) is 9.55. The van der Waals surface area contributed by atoms with E-state index in [1.807, 2.05) is 0 Å². The van der Waals surface area contributed by atoms with Gasteiger partial charge in [-0.2, -0.15) is 0 Å². The Hall–Kier alpha value is -0.000000000000000111. The fourth-order valence-electron chi connectivity index (χ4n) is 1.73. The Labute approximate surface area is 86.2 Å². The molecule has 1 atom stereocenters. The molecule has 0 fully saturated rings. The van der Waals surface area contributed by atoms with Crippen molar-refractivity contribution in [2.24, 2.45) is 15.1 Å². The van der Waals surface area contributed by atoms with Gasteiger partial charge in [0.15, 0.2) is 0 Å². The summed E-state index contributed by atoms with van der Waals surface area (Å²) in [5, 5.41) is 5.95. The van der Waals surface area contributed by atoms with Crippen molar-refractivity contribution in [2.75, 3.05) is 13.1 Å². The maximum atomic E-state index is 5.45. The van der Waals surface area contributed by atoms with E-state index in [9.17, 15) is 0 Å². The van der Waals surface area contributed by atoms with Gasteiger partial charge < -0.3 is 0 Å². The number of nitrogens with zero attached hydrogens (tertiary/aromatic N) is 2. The minimum Gasteiger partial charge on any atom is -0.288 e. The van der Waals surface area contributed by atoms with Crippen LogP contribution in [0.15, 0.2) is 9.98 Å². The van der Waals surface area contributed by atoms with Gasteiger partial charge in [0.1, 0.15) is 0 Å². The van der Waals surface area contributed by atoms with E-state index in [-0.39, 0.29) is 0 Å². The largest absolute Gasteiger partial charge is 0.288 e. The minimum atomic E-state index is 0.492. The van der Waals surface area contributed by atoms with E-state index in [1.54, 1.807) is 10.8 Å². The third-order valence-electron chi connectivity index (χ3n) is 2.32. The van der Waals surface area contributed by atoms with Crippen LogP contribution >= 0.6 is 21.8 Å². The third-order valence-corrected chi connectivity index (χ3v) is 4.15. The zero-order valence-electron chi connectivity index (χ0n) is 7.40. The molecule has 3 nitrogen and oxygen atoms in total. The summed E-state index contributed by atoms with van der Waals surface area (Å²) in [7, 11) is 3.06. The lowest BCUT2D eigenvalue weighted by Gasteiger charge is -2.09. The standard InChI is InChI=1S/C8H13N3S2/c9-13-12-7-3-5-11-8(7)6-2-1-4-10-6/h7H,1-5,9H2. The molecule has 0 spiro atoms. The molecule has 5 heteroatoms. The van der Waals surface area contributed by atoms with Crippen LogP contribution in [0.3, 0.4) is 0 Å². The molecule has 0 aromatic carbocycles. The van der Waals surface area contributed by atoms with Crippen LogP contribution in [0.5, 0.6) is 0 Å². The minimum absolute atomic E-state index is 0.492. The Morgan fingerprint density at radius 1 is 1.31 bits per heavy atom. The molecule has 0 saturated carbocycles. The maximum Gasteiger partial charge on any atom is 0.0698 e. The normalized spacial score (nSPS) is 27.6. The molecule has 0 bridgehead atoms. The first-order valence-corrected chi connectivity index (χ1v) is 6.79. The lowest BCUT2D eigenvalue weighted by atomic mass is 10.1. The molecule has 0 aromatic heterocycles. The van der Waals surface area contributed by atoms with Crippen molar-refractivity contribution in [3.63, 3.8) is 0 Å². The molecule has 72 valence electrons. The molecule has 1 unspecified atom stereocenters. The quantitative estimate of drug-likeness (QED) is 0.576. The van der Waals surface area contributed by atoms with Crippen LogP contribution in [0, 0.1) is 0 Å². The van der Waals surface area contributed by atoms with E-state index in [1.165, 1.54) is 28.8 Å². The van der Waals surface area contributed by atoms with Crippen LogP contribution in [-0.2, 0) is 0 Å². The lowest BCUT2D eigenvalue weighted by molar-refractivity contribution is 0.951. The molecule has 2 aliphatic rings. The van der Waals surface area contributed by atoms with Gasteiger partial charge in [0.2, 0.25) is 0 Å². The summed E-state index contributed by atoms with van der Waals surface area (Å²) in [6.07, 6.45) is 3.44. The van der Waals surface area contributed by atoms with Crippen molar-refractivity contribution >= 4 is 33.2 Å². The summed E-state index contributed by atoms with van der Waals surface area (Å²) in [6, 6.07) is 0. The molecule has 2 rings (SSSR count). The summed E-state index contributed by atoms with van der Waals surface area (Å²) in [6.45, 7) is 1.94. The Kier molecular flexibility index (Phi) is 3.29.